The summed E-state index contributed by atoms with van der Waals surface area (Å²) in [6, 6.07) is 13.6. The van der Waals surface area contributed by atoms with Crippen LogP contribution in [0.2, 0.25) is 0 Å². The van der Waals surface area contributed by atoms with Gasteiger partial charge in [-0.15, -0.1) is 0 Å². The molecule has 31 heavy (non-hydrogen) atoms. The minimum atomic E-state index is -0.125. The first-order valence-electron chi connectivity index (χ1n) is 11.1. The Labute approximate surface area is 186 Å². The van der Waals surface area contributed by atoms with Crippen molar-refractivity contribution < 1.29 is 14.3 Å². The number of hydrogen-bond donors (Lipinski definition) is 1. The zero-order valence-electron chi connectivity index (χ0n) is 19.2. The third kappa shape index (κ3) is 6.37. The first kappa shape index (κ1) is 22.9. The van der Waals surface area contributed by atoms with Crippen LogP contribution in [0.25, 0.3) is 0 Å². The lowest BCUT2D eigenvalue weighted by Crippen LogP contribution is -2.45. The lowest BCUT2D eigenvalue weighted by atomic mass is 10.1. The number of para-hydroxylation sites is 1. The van der Waals surface area contributed by atoms with Gasteiger partial charge in [-0.2, -0.15) is 0 Å². The molecule has 0 aliphatic carbocycles. The quantitative estimate of drug-likeness (QED) is 0.662. The zero-order chi connectivity index (χ0) is 22.2. The second kappa shape index (κ2) is 11.0. The van der Waals surface area contributed by atoms with Crippen LogP contribution in [0.4, 0.5) is 5.69 Å². The third-order valence-electron chi connectivity index (χ3n) is 5.65. The van der Waals surface area contributed by atoms with Crippen molar-refractivity contribution in [1.82, 2.24) is 10.2 Å². The average molecular weight is 426 g/mol. The SMILES string of the molecule is COc1cc(C(=O)NCc2ccccc2N2CCN(C)CC2)ccc1OCCC(C)C. The van der Waals surface area contributed by atoms with Gasteiger partial charge in [-0.25, -0.2) is 0 Å². The van der Waals surface area contributed by atoms with E-state index in [1.165, 1.54) is 5.69 Å². The first-order chi connectivity index (χ1) is 15.0. The number of nitrogens with zero attached hydrogens (tertiary/aromatic N) is 2. The van der Waals surface area contributed by atoms with Crippen LogP contribution < -0.4 is 19.7 Å². The Balaban J connectivity index is 1.63. The molecule has 1 aliphatic rings. The molecule has 0 atom stereocenters. The zero-order valence-corrected chi connectivity index (χ0v) is 19.2. The van der Waals surface area contributed by atoms with Crippen LogP contribution >= 0.6 is 0 Å². The number of amides is 1. The van der Waals surface area contributed by atoms with Gasteiger partial charge in [0.25, 0.3) is 5.91 Å². The molecule has 0 spiro atoms. The number of carbonyl (C=O) groups is 1. The summed E-state index contributed by atoms with van der Waals surface area (Å²) in [7, 11) is 3.75. The topological polar surface area (TPSA) is 54.0 Å². The number of piperazine rings is 1. The minimum Gasteiger partial charge on any atom is -0.493 e. The number of nitrogens with one attached hydrogen (secondary N) is 1. The monoisotopic (exact) mass is 425 g/mol. The smallest absolute Gasteiger partial charge is 0.251 e. The summed E-state index contributed by atoms with van der Waals surface area (Å²) in [5.74, 6) is 1.69. The molecule has 0 unspecified atom stereocenters. The number of methoxy groups -OCH3 is 1. The maximum absolute atomic E-state index is 12.8. The van der Waals surface area contributed by atoms with E-state index < -0.39 is 0 Å². The van der Waals surface area contributed by atoms with Gasteiger partial charge in [0.05, 0.1) is 13.7 Å². The van der Waals surface area contributed by atoms with Crippen molar-refractivity contribution in [3.8, 4) is 11.5 Å². The molecule has 0 saturated carbocycles. The van der Waals surface area contributed by atoms with E-state index in [9.17, 15) is 4.79 Å². The molecule has 1 fully saturated rings. The fraction of sp³-hybridized carbons (Fsp3) is 0.480. The number of anilines is 1. The fourth-order valence-corrected chi connectivity index (χ4v) is 3.63. The molecule has 1 N–H and O–H groups in total. The number of benzene rings is 2. The lowest BCUT2D eigenvalue weighted by Gasteiger charge is -2.35. The van der Waals surface area contributed by atoms with Gasteiger partial charge < -0.3 is 24.6 Å². The highest BCUT2D eigenvalue weighted by Crippen LogP contribution is 2.28. The lowest BCUT2D eigenvalue weighted by molar-refractivity contribution is 0.0950. The van der Waals surface area contributed by atoms with Crippen LogP contribution in [0.5, 0.6) is 11.5 Å². The van der Waals surface area contributed by atoms with Gasteiger partial charge >= 0.3 is 0 Å². The van der Waals surface area contributed by atoms with E-state index in [0.717, 1.165) is 38.2 Å². The van der Waals surface area contributed by atoms with Gasteiger partial charge in [0.2, 0.25) is 0 Å². The van der Waals surface area contributed by atoms with Gasteiger partial charge in [0.1, 0.15) is 0 Å². The molecular weight excluding hydrogens is 390 g/mol. The van der Waals surface area contributed by atoms with Crippen molar-refractivity contribution in [3.05, 3.63) is 53.6 Å². The van der Waals surface area contributed by atoms with Crippen LogP contribution in [-0.4, -0.2) is 57.8 Å². The molecule has 6 heteroatoms. The molecule has 3 rings (SSSR count). The fourth-order valence-electron chi connectivity index (χ4n) is 3.63. The van der Waals surface area contributed by atoms with Gasteiger partial charge in [-0.3, -0.25) is 4.79 Å². The van der Waals surface area contributed by atoms with E-state index in [4.69, 9.17) is 9.47 Å². The van der Waals surface area contributed by atoms with E-state index >= 15 is 0 Å². The van der Waals surface area contributed by atoms with Gasteiger partial charge in [-0.1, -0.05) is 32.0 Å². The average Bonchev–Trinajstić information content (AvgIpc) is 2.78. The highest BCUT2D eigenvalue weighted by Gasteiger charge is 2.17. The summed E-state index contributed by atoms with van der Waals surface area (Å²) in [4.78, 5) is 17.5. The van der Waals surface area contributed by atoms with E-state index in [1.807, 2.05) is 12.1 Å². The normalized spacial score (nSPS) is 14.5. The van der Waals surface area contributed by atoms with Gasteiger partial charge in [0.15, 0.2) is 11.5 Å². The Morgan fingerprint density at radius 1 is 1.06 bits per heavy atom. The molecule has 1 saturated heterocycles. The van der Waals surface area contributed by atoms with E-state index in [1.54, 1.807) is 19.2 Å². The first-order valence-corrected chi connectivity index (χ1v) is 11.1. The van der Waals surface area contributed by atoms with Crippen LogP contribution in [-0.2, 0) is 6.54 Å². The standard InChI is InChI=1S/C25H35N3O3/c1-19(2)11-16-31-23-10-9-20(17-24(23)30-4)25(29)26-18-21-7-5-6-8-22(21)28-14-12-27(3)13-15-28/h5-10,17,19H,11-16,18H2,1-4H3,(H,26,29). The van der Waals surface area contributed by atoms with Gasteiger partial charge in [0, 0.05) is 44.0 Å². The summed E-state index contributed by atoms with van der Waals surface area (Å²) >= 11 is 0. The van der Waals surface area contributed by atoms with Crippen molar-refractivity contribution in [1.29, 1.82) is 0 Å². The molecule has 2 aromatic rings. The molecule has 0 radical (unpaired) electrons. The highest BCUT2D eigenvalue weighted by molar-refractivity contribution is 5.94. The Morgan fingerprint density at radius 2 is 1.81 bits per heavy atom. The van der Waals surface area contributed by atoms with E-state index in [0.29, 0.717) is 36.1 Å². The van der Waals surface area contributed by atoms with Crippen LogP contribution in [0, 0.1) is 5.92 Å². The summed E-state index contributed by atoms with van der Waals surface area (Å²) in [5.41, 5.74) is 2.88. The minimum absolute atomic E-state index is 0.125. The number of carbonyl (C=O) groups excluding carboxylic acids is 1. The predicted octanol–water partition coefficient (Wildman–Crippen LogP) is 3.80. The summed E-state index contributed by atoms with van der Waals surface area (Å²) in [5, 5.41) is 3.06. The number of ether oxygens (including phenoxy) is 2. The maximum atomic E-state index is 12.8. The molecule has 0 aromatic heterocycles. The Kier molecular flexibility index (Phi) is 8.18. The Morgan fingerprint density at radius 3 is 2.52 bits per heavy atom. The number of likely N-dealkylation sites (N-methyl/N-ethyl adjacent to an activating group) is 1. The van der Waals surface area contributed by atoms with E-state index in [-0.39, 0.29) is 5.91 Å². The maximum Gasteiger partial charge on any atom is 0.251 e. The molecule has 0 bridgehead atoms. The largest absolute Gasteiger partial charge is 0.493 e. The number of rotatable bonds is 9. The summed E-state index contributed by atoms with van der Waals surface area (Å²) < 4.78 is 11.3. The molecule has 1 heterocycles. The van der Waals surface area contributed by atoms with Crippen molar-refractivity contribution in [2.24, 2.45) is 5.92 Å². The molecule has 1 aliphatic heterocycles. The van der Waals surface area contributed by atoms with Crippen LogP contribution in [0.1, 0.15) is 36.2 Å². The molecule has 168 valence electrons. The summed E-state index contributed by atoms with van der Waals surface area (Å²) in [6.45, 7) is 9.52. The number of hydrogen-bond acceptors (Lipinski definition) is 5. The third-order valence-corrected chi connectivity index (χ3v) is 5.65. The molecule has 6 nitrogen and oxygen atoms in total. The molecule has 2 aromatic carbocycles. The predicted molar refractivity (Wildman–Crippen MR) is 125 cm³/mol. The van der Waals surface area contributed by atoms with Crippen molar-refractivity contribution in [3.63, 3.8) is 0 Å². The Bertz CT molecular complexity index is 861. The second-order valence-electron chi connectivity index (χ2n) is 8.50. The summed E-state index contributed by atoms with van der Waals surface area (Å²) in [6.07, 6.45) is 0.970. The molecule has 1 amide bonds. The Hall–Kier alpha value is -2.73. The highest BCUT2D eigenvalue weighted by atomic mass is 16.5. The van der Waals surface area contributed by atoms with Crippen LogP contribution in [0.3, 0.4) is 0 Å². The van der Waals surface area contributed by atoms with Crippen LogP contribution in [0.15, 0.2) is 42.5 Å². The molecular formula is C25H35N3O3. The second-order valence-corrected chi connectivity index (χ2v) is 8.50. The van der Waals surface area contributed by atoms with Crippen molar-refractivity contribution in [2.75, 3.05) is 51.8 Å². The van der Waals surface area contributed by atoms with Gasteiger partial charge in [-0.05, 0) is 49.2 Å². The van der Waals surface area contributed by atoms with E-state index in [2.05, 4.69) is 54.2 Å². The van der Waals surface area contributed by atoms with Crippen molar-refractivity contribution >= 4 is 11.6 Å². The van der Waals surface area contributed by atoms with Crippen molar-refractivity contribution in [2.45, 2.75) is 26.8 Å².